The minimum Gasteiger partial charge on any atom is -0.463 e. The molecule has 0 saturated heterocycles. The van der Waals surface area contributed by atoms with Crippen LogP contribution in [0.1, 0.15) is 26.7 Å². The van der Waals surface area contributed by atoms with Gasteiger partial charge in [0.2, 0.25) is 5.76 Å². The second kappa shape index (κ2) is 5.81. The lowest BCUT2D eigenvalue weighted by Gasteiger charge is -2.02. The molecule has 0 unspecified atom stereocenters. The molecule has 98 valence electrons. The van der Waals surface area contributed by atoms with Gasteiger partial charge in [-0.3, -0.25) is 4.98 Å². The van der Waals surface area contributed by atoms with E-state index >= 15 is 0 Å². The minimum absolute atomic E-state index is 0.0574. The zero-order chi connectivity index (χ0) is 13.7. The van der Waals surface area contributed by atoms with E-state index in [9.17, 15) is 9.59 Å². The van der Waals surface area contributed by atoms with Crippen LogP contribution in [0.4, 0.5) is 0 Å². The maximum Gasteiger partial charge on any atom is 0.373 e. The Bertz CT molecular complexity index is 576. The average Bonchev–Trinajstić information content (AvgIpc) is 2.93. The third-order valence-corrected chi connectivity index (χ3v) is 2.31. The van der Waals surface area contributed by atoms with Gasteiger partial charge in [-0.15, -0.1) is 0 Å². The molecule has 0 N–H and O–H groups in total. The van der Waals surface area contributed by atoms with E-state index in [-0.39, 0.29) is 12.4 Å². The van der Waals surface area contributed by atoms with Crippen molar-refractivity contribution in [3.8, 4) is 0 Å². The fraction of sp³-hybridized carbons (Fsp3) is 0.154. The van der Waals surface area contributed by atoms with Crippen molar-refractivity contribution in [3.05, 3.63) is 53.7 Å². The highest BCUT2D eigenvalue weighted by Gasteiger charge is 2.13. The quantitative estimate of drug-likeness (QED) is 0.781. The summed E-state index contributed by atoms with van der Waals surface area (Å²) in [4.78, 5) is 26.6. The Morgan fingerprint density at radius 2 is 1.89 bits per heavy atom. The molecule has 0 saturated carbocycles. The number of carbonyl (C=O) groups is 2. The van der Waals surface area contributed by atoms with Crippen molar-refractivity contribution in [2.24, 2.45) is 0 Å². The minimum atomic E-state index is -0.577. The molecule has 19 heavy (non-hydrogen) atoms. The van der Waals surface area contributed by atoms with Crippen LogP contribution in [-0.4, -0.2) is 24.0 Å². The Balaban J connectivity index is 1.94. The average molecular weight is 261 g/mol. The van der Waals surface area contributed by atoms with Crippen molar-refractivity contribution >= 4 is 11.9 Å². The second-order valence-electron chi connectivity index (χ2n) is 3.57. The number of methoxy groups -OCH3 is 1. The van der Waals surface area contributed by atoms with Gasteiger partial charge >= 0.3 is 11.9 Å². The summed E-state index contributed by atoms with van der Waals surface area (Å²) in [5.74, 6) is -0.634. The SMILES string of the molecule is COC(=O)c1ccc(COC(=O)c2ccncc2)o1. The van der Waals surface area contributed by atoms with Crippen LogP contribution in [0.5, 0.6) is 0 Å². The van der Waals surface area contributed by atoms with Crippen molar-refractivity contribution < 1.29 is 23.5 Å². The Labute approximate surface area is 109 Å². The van der Waals surface area contributed by atoms with E-state index in [4.69, 9.17) is 9.15 Å². The fourth-order valence-corrected chi connectivity index (χ4v) is 1.37. The Hall–Kier alpha value is -2.63. The molecule has 6 nitrogen and oxygen atoms in total. The first-order valence-electron chi connectivity index (χ1n) is 5.45. The number of hydrogen-bond donors (Lipinski definition) is 0. The number of pyridine rings is 1. The molecule has 0 fully saturated rings. The van der Waals surface area contributed by atoms with Crippen LogP contribution in [0.3, 0.4) is 0 Å². The molecule has 0 aromatic carbocycles. The zero-order valence-electron chi connectivity index (χ0n) is 10.2. The van der Waals surface area contributed by atoms with Crippen LogP contribution < -0.4 is 0 Å². The Morgan fingerprint density at radius 1 is 1.16 bits per heavy atom. The molecule has 6 heteroatoms. The number of rotatable bonds is 4. The molecule has 0 atom stereocenters. The van der Waals surface area contributed by atoms with Crippen molar-refractivity contribution in [2.75, 3.05) is 7.11 Å². The maximum atomic E-state index is 11.6. The molecule has 0 aliphatic heterocycles. The van der Waals surface area contributed by atoms with Crippen LogP contribution in [0.25, 0.3) is 0 Å². The van der Waals surface area contributed by atoms with Gasteiger partial charge in [0.1, 0.15) is 12.4 Å². The monoisotopic (exact) mass is 261 g/mol. The van der Waals surface area contributed by atoms with E-state index in [1.807, 2.05) is 0 Å². The highest BCUT2D eigenvalue weighted by atomic mass is 16.5. The molecule has 0 bridgehead atoms. The summed E-state index contributed by atoms with van der Waals surface area (Å²) >= 11 is 0. The van der Waals surface area contributed by atoms with Gasteiger partial charge in [-0.25, -0.2) is 9.59 Å². The van der Waals surface area contributed by atoms with Crippen molar-refractivity contribution in [1.29, 1.82) is 0 Å². The van der Waals surface area contributed by atoms with Crippen LogP contribution in [0.15, 0.2) is 41.1 Å². The highest BCUT2D eigenvalue weighted by molar-refractivity contribution is 5.89. The molecule has 2 heterocycles. The zero-order valence-corrected chi connectivity index (χ0v) is 10.2. The first kappa shape index (κ1) is 12.8. The normalized spacial score (nSPS) is 9.95. The Morgan fingerprint density at radius 3 is 2.58 bits per heavy atom. The van der Waals surface area contributed by atoms with E-state index in [0.29, 0.717) is 11.3 Å². The number of esters is 2. The molecule has 0 spiro atoms. The van der Waals surface area contributed by atoms with Gasteiger partial charge in [-0.05, 0) is 24.3 Å². The number of carbonyl (C=O) groups excluding carboxylic acids is 2. The summed E-state index contributed by atoms with van der Waals surface area (Å²) < 4.78 is 14.7. The number of ether oxygens (including phenoxy) is 2. The molecule has 0 radical (unpaired) electrons. The molecule has 0 amide bonds. The summed E-state index contributed by atoms with van der Waals surface area (Å²) in [6.45, 7) is -0.0574. The van der Waals surface area contributed by atoms with Gasteiger partial charge in [0.05, 0.1) is 12.7 Å². The molecule has 0 aliphatic rings. The molecular weight excluding hydrogens is 250 g/mol. The number of furan rings is 1. The third-order valence-electron chi connectivity index (χ3n) is 2.31. The van der Waals surface area contributed by atoms with E-state index in [1.165, 1.54) is 25.6 Å². The summed E-state index contributed by atoms with van der Waals surface area (Å²) in [5.41, 5.74) is 0.398. The maximum absolute atomic E-state index is 11.6. The van der Waals surface area contributed by atoms with Crippen molar-refractivity contribution in [1.82, 2.24) is 4.98 Å². The van der Waals surface area contributed by atoms with Crippen LogP contribution >= 0.6 is 0 Å². The molecule has 2 aromatic rings. The lowest BCUT2D eigenvalue weighted by Crippen LogP contribution is -2.04. The number of aromatic nitrogens is 1. The van der Waals surface area contributed by atoms with Gasteiger partial charge in [-0.1, -0.05) is 0 Å². The van der Waals surface area contributed by atoms with Gasteiger partial charge in [0.25, 0.3) is 0 Å². The molecule has 2 rings (SSSR count). The topological polar surface area (TPSA) is 78.6 Å². The van der Waals surface area contributed by atoms with Gasteiger partial charge in [0.15, 0.2) is 0 Å². The molecule has 0 aliphatic carbocycles. The Kier molecular flexibility index (Phi) is 3.92. The van der Waals surface area contributed by atoms with E-state index < -0.39 is 11.9 Å². The highest BCUT2D eigenvalue weighted by Crippen LogP contribution is 2.11. The lowest BCUT2D eigenvalue weighted by molar-refractivity contribution is 0.0438. The summed E-state index contributed by atoms with van der Waals surface area (Å²) in [7, 11) is 1.26. The summed E-state index contributed by atoms with van der Waals surface area (Å²) in [5, 5.41) is 0. The van der Waals surface area contributed by atoms with E-state index in [0.717, 1.165) is 0 Å². The van der Waals surface area contributed by atoms with Crippen LogP contribution in [0, 0.1) is 0 Å². The van der Waals surface area contributed by atoms with Gasteiger partial charge in [-0.2, -0.15) is 0 Å². The van der Waals surface area contributed by atoms with Gasteiger partial charge in [0, 0.05) is 12.4 Å². The fourth-order valence-electron chi connectivity index (χ4n) is 1.37. The largest absolute Gasteiger partial charge is 0.463 e. The smallest absolute Gasteiger partial charge is 0.373 e. The predicted octanol–water partition coefficient (Wildman–Crippen LogP) is 1.82. The first-order chi connectivity index (χ1) is 9.20. The lowest BCUT2D eigenvalue weighted by atomic mass is 10.3. The van der Waals surface area contributed by atoms with Crippen molar-refractivity contribution in [3.63, 3.8) is 0 Å². The molecule has 2 aromatic heterocycles. The van der Waals surface area contributed by atoms with Crippen LogP contribution in [0.2, 0.25) is 0 Å². The number of nitrogens with zero attached hydrogens (tertiary/aromatic N) is 1. The number of hydrogen-bond acceptors (Lipinski definition) is 6. The van der Waals surface area contributed by atoms with Gasteiger partial charge < -0.3 is 13.9 Å². The van der Waals surface area contributed by atoms with E-state index in [2.05, 4.69) is 9.72 Å². The molecular formula is C13H11NO5. The first-order valence-corrected chi connectivity index (χ1v) is 5.45. The van der Waals surface area contributed by atoms with Crippen molar-refractivity contribution in [2.45, 2.75) is 6.61 Å². The van der Waals surface area contributed by atoms with E-state index in [1.54, 1.807) is 18.2 Å². The predicted molar refractivity (Wildman–Crippen MR) is 63.4 cm³/mol. The summed E-state index contributed by atoms with van der Waals surface area (Å²) in [6, 6.07) is 6.10. The second-order valence-corrected chi connectivity index (χ2v) is 3.57. The van der Waals surface area contributed by atoms with Crippen LogP contribution in [-0.2, 0) is 16.1 Å². The standard InChI is InChI=1S/C13H11NO5/c1-17-13(16)11-3-2-10(19-11)8-18-12(15)9-4-6-14-7-5-9/h2-7H,8H2,1H3. The third kappa shape index (κ3) is 3.19. The summed E-state index contributed by atoms with van der Waals surface area (Å²) in [6.07, 6.45) is 3.00.